The maximum absolute atomic E-state index is 12.6. The van der Waals surface area contributed by atoms with Gasteiger partial charge in [-0.2, -0.15) is 0 Å². The van der Waals surface area contributed by atoms with E-state index >= 15 is 0 Å². The highest BCUT2D eigenvalue weighted by Crippen LogP contribution is 2.40. The fraction of sp³-hybridized carbons (Fsp3) is 0.0800. The summed E-state index contributed by atoms with van der Waals surface area (Å²) in [7, 11) is 0. The normalized spacial score (nSPS) is 15.4. The molecule has 0 atom stereocenters. The summed E-state index contributed by atoms with van der Waals surface area (Å²) >= 11 is 3.73. The Hall–Kier alpha value is -4.07. The van der Waals surface area contributed by atoms with Gasteiger partial charge in [-0.25, -0.2) is 9.98 Å². The molecule has 190 valence electrons. The number of rotatable bonds is 6. The van der Waals surface area contributed by atoms with Crippen LogP contribution in [0.5, 0.6) is 0 Å². The molecule has 0 bridgehead atoms. The topological polar surface area (TPSA) is 141 Å². The van der Waals surface area contributed by atoms with Crippen LogP contribution in [-0.2, 0) is 4.79 Å². The van der Waals surface area contributed by atoms with Gasteiger partial charge in [0, 0.05) is 17.7 Å². The summed E-state index contributed by atoms with van der Waals surface area (Å²) in [5, 5.41) is 26.1. The molecule has 38 heavy (non-hydrogen) atoms. The molecular formula is C25H17N5O5S3. The molecule has 3 aromatic carbocycles. The number of aromatic nitrogens is 1. The number of fused-ring (bicyclic) bond motifs is 1. The fourth-order valence-electron chi connectivity index (χ4n) is 3.67. The zero-order valence-corrected chi connectivity index (χ0v) is 22.3. The van der Waals surface area contributed by atoms with Gasteiger partial charge < -0.3 is 5.32 Å². The van der Waals surface area contributed by atoms with Crippen LogP contribution < -0.4 is 5.32 Å². The van der Waals surface area contributed by atoms with Crippen molar-refractivity contribution in [2.24, 2.45) is 4.99 Å². The van der Waals surface area contributed by atoms with Crippen LogP contribution in [0.2, 0.25) is 0 Å². The largest absolute Gasteiger partial charge is 0.300 e. The Bertz CT molecular complexity index is 1680. The molecule has 1 aliphatic rings. The number of hydrogen-bond donors (Lipinski definition) is 1. The molecule has 0 radical (unpaired) electrons. The Morgan fingerprint density at radius 1 is 1.03 bits per heavy atom. The number of nitrogens with zero attached hydrogens (tertiary/aromatic N) is 4. The summed E-state index contributed by atoms with van der Waals surface area (Å²) in [5.41, 5.74) is 2.77. The molecule has 0 aliphatic carbocycles. The number of thioether (sulfide) groups is 1. The van der Waals surface area contributed by atoms with Gasteiger partial charge in [0.05, 0.1) is 35.6 Å². The minimum Gasteiger partial charge on any atom is -0.300 e. The van der Waals surface area contributed by atoms with Gasteiger partial charge >= 0.3 is 0 Å². The number of nitro benzene ring substituents is 2. The maximum atomic E-state index is 12.6. The number of benzene rings is 3. The molecule has 4 aromatic rings. The van der Waals surface area contributed by atoms with Crippen LogP contribution in [0.1, 0.15) is 16.7 Å². The predicted molar refractivity (Wildman–Crippen MR) is 150 cm³/mol. The smallest absolute Gasteiger partial charge is 0.283 e. The van der Waals surface area contributed by atoms with E-state index in [4.69, 9.17) is 0 Å². The minimum absolute atomic E-state index is 0.0504. The van der Waals surface area contributed by atoms with E-state index in [0.717, 1.165) is 22.0 Å². The number of carbonyl (C=O) groups is 1. The highest BCUT2D eigenvalue weighted by Gasteiger charge is 2.25. The van der Waals surface area contributed by atoms with Crippen LogP contribution in [-0.4, -0.2) is 25.9 Å². The predicted octanol–water partition coefficient (Wildman–Crippen LogP) is 6.77. The molecule has 1 saturated heterocycles. The van der Waals surface area contributed by atoms with Crippen molar-refractivity contribution >= 4 is 79.3 Å². The van der Waals surface area contributed by atoms with E-state index in [-0.39, 0.29) is 16.5 Å². The second-order valence-electron chi connectivity index (χ2n) is 8.18. The highest BCUT2D eigenvalue weighted by molar-refractivity contribution is 8.18. The number of nitrogens with one attached hydrogen (secondary N) is 1. The monoisotopic (exact) mass is 563 g/mol. The van der Waals surface area contributed by atoms with Crippen molar-refractivity contribution < 1.29 is 14.6 Å². The average Bonchev–Trinajstić information content (AvgIpc) is 3.43. The molecule has 0 spiro atoms. The molecule has 13 heteroatoms. The molecule has 1 fully saturated rings. The van der Waals surface area contributed by atoms with Gasteiger partial charge in [0.2, 0.25) is 0 Å². The lowest BCUT2D eigenvalue weighted by Crippen LogP contribution is -2.19. The number of hydrogen-bond acceptors (Lipinski definition) is 10. The number of amides is 1. The summed E-state index contributed by atoms with van der Waals surface area (Å²) in [6.07, 6.45) is 1.55. The summed E-state index contributed by atoms with van der Waals surface area (Å²) in [6.45, 7) is 3.42. The third-order valence-corrected chi connectivity index (χ3v) is 8.72. The van der Waals surface area contributed by atoms with Gasteiger partial charge in [0.1, 0.15) is 0 Å². The molecule has 1 N–H and O–H groups in total. The third-order valence-electron chi connectivity index (χ3n) is 5.65. The van der Waals surface area contributed by atoms with E-state index in [9.17, 15) is 25.0 Å². The van der Waals surface area contributed by atoms with Gasteiger partial charge in [0.25, 0.3) is 17.3 Å². The van der Waals surface area contributed by atoms with Gasteiger partial charge in [0.15, 0.2) is 9.51 Å². The first kappa shape index (κ1) is 25.6. The van der Waals surface area contributed by atoms with E-state index in [1.54, 1.807) is 38.1 Å². The Morgan fingerprint density at radius 3 is 2.53 bits per heavy atom. The van der Waals surface area contributed by atoms with Gasteiger partial charge in [-0.05, 0) is 67.1 Å². The first-order valence-corrected chi connectivity index (χ1v) is 13.5. The number of para-hydroxylation sites is 1. The summed E-state index contributed by atoms with van der Waals surface area (Å²) in [6, 6.07) is 15.5. The zero-order chi connectivity index (χ0) is 27.0. The standard InChI is InChI=1S/C25H17N5O5S3/c1-13-9-16(12-18(14(13)2)29(32)33)26-24-28-23(31)22(36-24)11-15-7-8-21(19(10-15)30(34)35)38-25-27-17-5-3-4-6-20(17)37-25/h3-12H,1-2H3,(H,26,28,31)/b22-11-. The summed E-state index contributed by atoms with van der Waals surface area (Å²) in [4.78, 5) is 44.4. The van der Waals surface area contributed by atoms with E-state index in [1.807, 2.05) is 24.3 Å². The van der Waals surface area contributed by atoms with Crippen molar-refractivity contribution in [3.05, 3.63) is 96.4 Å². The number of amidine groups is 1. The van der Waals surface area contributed by atoms with Crippen LogP contribution >= 0.6 is 34.9 Å². The minimum atomic E-state index is -0.469. The second kappa shape index (κ2) is 10.4. The zero-order valence-electron chi connectivity index (χ0n) is 19.8. The molecule has 0 unspecified atom stereocenters. The van der Waals surface area contributed by atoms with E-state index < -0.39 is 15.8 Å². The molecule has 1 aromatic heterocycles. The molecule has 1 amide bonds. The maximum Gasteiger partial charge on any atom is 0.283 e. The van der Waals surface area contributed by atoms with Crippen LogP contribution in [0, 0.1) is 34.1 Å². The number of carbonyl (C=O) groups excluding carboxylic acids is 1. The lowest BCUT2D eigenvalue weighted by atomic mass is 10.1. The molecule has 0 saturated carbocycles. The molecular weight excluding hydrogens is 547 g/mol. The van der Waals surface area contributed by atoms with E-state index in [2.05, 4.69) is 15.3 Å². The average molecular weight is 564 g/mol. The Kier molecular flexibility index (Phi) is 6.97. The van der Waals surface area contributed by atoms with Crippen molar-refractivity contribution in [1.82, 2.24) is 10.3 Å². The second-order valence-corrected chi connectivity index (χ2v) is 11.5. The van der Waals surface area contributed by atoms with E-state index in [1.165, 1.54) is 35.2 Å². The molecule has 10 nitrogen and oxygen atoms in total. The Balaban J connectivity index is 1.40. The van der Waals surface area contributed by atoms with E-state index in [0.29, 0.717) is 36.5 Å². The molecule has 5 rings (SSSR count). The van der Waals surface area contributed by atoms with Crippen molar-refractivity contribution in [3.63, 3.8) is 0 Å². The third kappa shape index (κ3) is 5.30. The molecule has 1 aliphatic heterocycles. The molecule has 2 heterocycles. The van der Waals surface area contributed by atoms with Gasteiger partial charge in [-0.1, -0.05) is 30.0 Å². The number of aryl methyl sites for hydroxylation is 1. The van der Waals surface area contributed by atoms with Crippen molar-refractivity contribution in [2.75, 3.05) is 0 Å². The van der Waals surface area contributed by atoms with Crippen molar-refractivity contribution in [2.45, 2.75) is 23.1 Å². The van der Waals surface area contributed by atoms with Crippen LogP contribution in [0.3, 0.4) is 0 Å². The Morgan fingerprint density at radius 2 is 1.79 bits per heavy atom. The van der Waals surface area contributed by atoms with Crippen LogP contribution in [0.15, 0.2) is 73.7 Å². The number of nitro groups is 2. The lowest BCUT2D eigenvalue weighted by Gasteiger charge is -2.04. The lowest BCUT2D eigenvalue weighted by molar-refractivity contribution is -0.387. The Labute approximate surface area is 228 Å². The summed E-state index contributed by atoms with van der Waals surface area (Å²) in [5.74, 6) is -0.414. The van der Waals surface area contributed by atoms with Crippen LogP contribution in [0.25, 0.3) is 16.3 Å². The first-order valence-electron chi connectivity index (χ1n) is 11.0. The quantitative estimate of drug-likeness (QED) is 0.154. The number of thiazole rings is 1. The SMILES string of the molecule is Cc1cc(N=C2NC(=O)/C(=C/c3ccc(Sc4nc5ccccc5s4)c([N+](=O)[O-])c3)S2)cc([N+](=O)[O-])c1C. The van der Waals surface area contributed by atoms with Crippen LogP contribution in [0.4, 0.5) is 17.1 Å². The first-order chi connectivity index (χ1) is 18.2. The highest BCUT2D eigenvalue weighted by atomic mass is 32.2. The van der Waals surface area contributed by atoms with Crippen molar-refractivity contribution in [3.8, 4) is 0 Å². The fourth-order valence-corrected chi connectivity index (χ4v) is 6.62. The summed E-state index contributed by atoms with van der Waals surface area (Å²) < 4.78 is 1.69. The number of aliphatic imine (C=N–C) groups is 1. The van der Waals surface area contributed by atoms with Crippen molar-refractivity contribution in [1.29, 1.82) is 0 Å². The van der Waals surface area contributed by atoms with Gasteiger partial charge in [-0.15, -0.1) is 11.3 Å². The van der Waals surface area contributed by atoms with Gasteiger partial charge in [-0.3, -0.25) is 25.0 Å².